The van der Waals surface area contributed by atoms with Crippen LogP contribution in [-0.4, -0.2) is 28.8 Å². The van der Waals surface area contributed by atoms with Crippen LogP contribution in [0.5, 0.6) is 11.5 Å². The quantitative estimate of drug-likeness (QED) is 0.518. The van der Waals surface area contributed by atoms with Gasteiger partial charge in [0.1, 0.15) is 6.02 Å². The first-order valence-electron chi connectivity index (χ1n) is 7.04. The van der Waals surface area contributed by atoms with Gasteiger partial charge >= 0.3 is 5.97 Å². The molecule has 0 saturated carbocycles. The Morgan fingerprint density at radius 1 is 1.69 bits per heavy atom. The number of nitrogens with two attached hydrogens (primary N) is 1. The average Bonchev–Trinajstić information content (AvgIpc) is 2.43. The number of hydrogen-bond donors (Lipinski definition) is 3. The molecule has 1 aromatic carbocycles. The highest BCUT2D eigenvalue weighted by Gasteiger charge is 2.15. The van der Waals surface area contributed by atoms with Gasteiger partial charge in [-0.2, -0.15) is 0 Å². The van der Waals surface area contributed by atoms with Gasteiger partial charge in [0.05, 0.1) is 12.1 Å². The molecule has 16 heavy (non-hydrogen) atoms. The molecule has 5 heteroatoms. The number of benzene rings is 1. The Bertz CT molecular complexity index is 549. The summed E-state index contributed by atoms with van der Waals surface area (Å²) < 4.78 is 42.8. The lowest BCUT2D eigenvalue weighted by Gasteiger charge is -2.10. The first-order valence-corrected chi connectivity index (χ1v) is 4.47. The van der Waals surface area contributed by atoms with E-state index >= 15 is 0 Å². The van der Waals surface area contributed by atoms with Gasteiger partial charge in [-0.15, -0.1) is 0 Å². The number of ether oxygens (including phenoxy) is 1. The van der Waals surface area contributed by atoms with E-state index in [-0.39, 0.29) is 6.61 Å². The topological polar surface area (TPSA) is 92.8 Å². The molecule has 1 rings (SSSR count). The lowest BCUT2D eigenvalue weighted by Crippen LogP contribution is -2.34. The van der Waals surface area contributed by atoms with Crippen LogP contribution in [0.25, 0.3) is 0 Å². The van der Waals surface area contributed by atoms with E-state index < -0.39 is 53.6 Å². The molecule has 0 aliphatic rings. The second kappa shape index (κ2) is 5.37. The van der Waals surface area contributed by atoms with Crippen molar-refractivity contribution in [2.45, 2.75) is 19.3 Å². The minimum absolute atomic E-state index is 0.0740. The van der Waals surface area contributed by atoms with Gasteiger partial charge in [-0.25, -0.2) is 0 Å². The minimum Gasteiger partial charge on any atom is -0.504 e. The highest BCUT2D eigenvalue weighted by Crippen LogP contribution is 2.25. The summed E-state index contributed by atoms with van der Waals surface area (Å²) in [6, 6.07) is -5.05. The maximum absolute atomic E-state index is 11.6. The van der Waals surface area contributed by atoms with E-state index in [4.69, 9.17) is 12.6 Å². The Morgan fingerprint density at radius 3 is 3.00 bits per heavy atom. The lowest BCUT2D eigenvalue weighted by molar-refractivity contribution is -0.144. The maximum Gasteiger partial charge on any atom is 0.323 e. The molecule has 0 aromatic heterocycles. The van der Waals surface area contributed by atoms with E-state index in [9.17, 15) is 15.0 Å². The number of carbonyl (C=O) groups excluding carboxylic acids is 1. The third-order valence-corrected chi connectivity index (χ3v) is 1.60. The van der Waals surface area contributed by atoms with Gasteiger partial charge in [-0.1, -0.05) is 6.04 Å². The van der Waals surface area contributed by atoms with Crippen molar-refractivity contribution in [3.05, 3.63) is 23.7 Å². The highest BCUT2D eigenvalue weighted by atomic mass is 16.5. The van der Waals surface area contributed by atoms with Crippen LogP contribution < -0.4 is 5.73 Å². The Morgan fingerprint density at radius 2 is 2.38 bits per heavy atom. The number of phenolic OH excluding ortho intramolecular Hbond substituents is 2. The zero-order chi connectivity index (χ0) is 16.5. The first kappa shape index (κ1) is 6.75. The van der Waals surface area contributed by atoms with E-state index in [0.29, 0.717) is 0 Å². The van der Waals surface area contributed by atoms with Gasteiger partial charge in [0, 0.05) is 1.37 Å². The number of hydrogen-bond acceptors (Lipinski definition) is 5. The summed E-state index contributed by atoms with van der Waals surface area (Å²) in [6.45, 7) is 1.41. The summed E-state index contributed by atoms with van der Waals surface area (Å²) in [6.07, 6.45) is -1.95. The predicted octanol–water partition coefficient (Wildman–Crippen LogP) is 0.531. The molecule has 1 aromatic rings. The largest absolute Gasteiger partial charge is 0.504 e. The lowest BCUT2D eigenvalue weighted by atomic mass is 10.1. The molecule has 0 radical (unpaired) electrons. The van der Waals surface area contributed by atoms with Crippen molar-refractivity contribution in [1.29, 1.82) is 0 Å². The Kier molecular flexibility index (Phi) is 2.26. The number of phenols is 2. The fourth-order valence-electron chi connectivity index (χ4n) is 0.905. The summed E-state index contributed by atoms with van der Waals surface area (Å²) in [5.74, 6) is -3.23. The average molecular weight is 230 g/mol. The molecule has 2 atom stereocenters. The van der Waals surface area contributed by atoms with Gasteiger partial charge < -0.3 is 20.7 Å². The molecule has 0 saturated heterocycles. The van der Waals surface area contributed by atoms with Crippen LogP contribution in [0, 0.1) is 0 Å². The van der Waals surface area contributed by atoms with E-state index in [2.05, 4.69) is 4.74 Å². The summed E-state index contributed by atoms with van der Waals surface area (Å²) in [5.41, 5.74) is 4.82. The van der Waals surface area contributed by atoms with Gasteiger partial charge in [-0.3, -0.25) is 4.79 Å². The van der Waals surface area contributed by atoms with Gasteiger partial charge in [0.15, 0.2) is 11.5 Å². The number of rotatable bonds is 4. The van der Waals surface area contributed by atoms with Crippen LogP contribution >= 0.6 is 0 Å². The predicted molar refractivity (Wildman–Crippen MR) is 58.1 cm³/mol. The maximum atomic E-state index is 11.6. The molecular weight excluding hydrogens is 210 g/mol. The van der Waals surface area contributed by atoms with Gasteiger partial charge in [0.2, 0.25) is 0 Å². The van der Waals surface area contributed by atoms with Crippen LogP contribution in [0.2, 0.25) is 0 Å². The molecule has 88 valence electrons. The molecule has 0 fully saturated rings. The molecule has 4 N–H and O–H groups in total. The zero-order valence-corrected chi connectivity index (χ0v) is 8.57. The SMILES string of the molecule is [2H]c1c([2H])c(C([2H])[C@@]([2H])(N)C(=O)OCC)c([2H])c(O)c1O. The minimum atomic E-state index is -2.63. The second-order valence-corrected chi connectivity index (χ2v) is 2.81. The van der Waals surface area contributed by atoms with Crippen LogP contribution in [0.15, 0.2) is 18.1 Å². The van der Waals surface area contributed by atoms with E-state index in [1.165, 1.54) is 6.92 Å². The van der Waals surface area contributed by atoms with Crippen LogP contribution in [0.3, 0.4) is 0 Å². The van der Waals surface area contributed by atoms with Crippen molar-refractivity contribution in [2.24, 2.45) is 5.73 Å². The summed E-state index contributed by atoms with van der Waals surface area (Å²) in [7, 11) is 0. The molecule has 0 aliphatic heterocycles. The first-order chi connectivity index (χ1) is 9.57. The van der Waals surface area contributed by atoms with Crippen molar-refractivity contribution in [1.82, 2.24) is 0 Å². The molecule has 0 amide bonds. The standard InChI is InChI=1S/C11H15NO4/c1-2-16-11(15)8(12)5-7-3-4-9(13)10(14)6-7/h3-4,6,8,13-14H,2,5,12H2,1H3/t8-/m1/s1/i3D,4D,5D,6D,8D/t5?,8-. The van der Waals surface area contributed by atoms with Crippen LogP contribution in [-0.2, 0) is 15.9 Å². The Balaban J connectivity index is 3.44. The normalized spacial score (nSPS) is 20.5. The number of aromatic hydroxyl groups is 2. The zero-order valence-electron chi connectivity index (χ0n) is 13.6. The van der Waals surface area contributed by atoms with E-state index in [1.807, 2.05) is 0 Å². The van der Waals surface area contributed by atoms with E-state index in [0.717, 1.165) is 0 Å². The van der Waals surface area contributed by atoms with Crippen molar-refractivity contribution in [2.75, 3.05) is 6.61 Å². The molecular formula is C11H15NO4. The fraction of sp³-hybridized carbons (Fsp3) is 0.364. The Labute approximate surface area is 100 Å². The van der Waals surface area contributed by atoms with Gasteiger partial charge in [-0.05, 0) is 31.0 Å². The van der Waals surface area contributed by atoms with Crippen LogP contribution in [0.1, 0.15) is 19.3 Å². The summed E-state index contributed by atoms with van der Waals surface area (Å²) in [4.78, 5) is 11.6. The molecule has 1 unspecified atom stereocenters. The van der Waals surface area contributed by atoms with E-state index in [1.54, 1.807) is 0 Å². The van der Waals surface area contributed by atoms with Crippen molar-refractivity contribution >= 4 is 5.97 Å². The summed E-state index contributed by atoms with van der Waals surface area (Å²) >= 11 is 0. The fourth-order valence-corrected chi connectivity index (χ4v) is 0.905. The third kappa shape index (κ3) is 3.13. The smallest absolute Gasteiger partial charge is 0.323 e. The van der Waals surface area contributed by atoms with Crippen molar-refractivity contribution < 1.29 is 26.6 Å². The van der Waals surface area contributed by atoms with Crippen LogP contribution in [0.4, 0.5) is 0 Å². The monoisotopic (exact) mass is 230 g/mol. The molecule has 5 nitrogen and oxygen atoms in total. The second-order valence-electron chi connectivity index (χ2n) is 2.81. The third-order valence-electron chi connectivity index (χ3n) is 1.60. The Hall–Kier alpha value is -1.75. The molecule has 0 aliphatic carbocycles. The number of esters is 1. The van der Waals surface area contributed by atoms with Crippen molar-refractivity contribution in [3.63, 3.8) is 0 Å². The van der Waals surface area contributed by atoms with Crippen molar-refractivity contribution in [3.8, 4) is 11.5 Å². The molecule has 0 heterocycles. The number of carbonyl (C=O) groups is 1. The highest BCUT2D eigenvalue weighted by molar-refractivity contribution is 5.75. The van der Waals surface area contributed by atoms with Gasteiger partial charge in [0.25, 0.3) is 0 Å². The molecule has 0 bridgehead atoms. The summed E-state index contributed by atoms with van der Waals surface area (Å²) in [5, 5.41) is 18.9. The molecule has 0 spiro atoms.